The number of methoxy groups -OCH3 is 1. The Bertz CT molecular complexity index is 1000. The fraction of sp³-hybridized carbons (Fsp3) is 0.217. The zero-order chi connectivity index (χ0) is 23.2. The van der Waals surface area contributed by atoms with E-state index in [9.17, 15) is 22.8 Å². The Labute approximate surface area is 177 Å². The fourth-order valence-corrected chi connectivity index (χ4v) is 2.56. The highest BCUT2D eigenvalue weighted by molar-refractivity contribution is 6.08. The zero-order valence-electron chi connectivity index (χ0n) is 17.2. The first kappa shape index (κ1) is 23.7. The zero-order valence-corrected chi connectivity index (χ0v) is 17.2. The molecule has 5 nitrogen and oxygen atoms in total. The molecule has 0 spiro atoms. The van der Waals surface area contributed by atoms with E-state index in [2.05, 4.69) is 11.3 Å². The minimum Gasteiger partial charge on any atom is -0.493 e. The molecule has 0 bridgehead atoms. The number of ketones is 2. The lowest BCUT2D eigenvalue weighted by molar-refractivity contribution is -0.274. The molecule has 0 fully saturated rings. The smallest absolute Gasteiger partial charge is 0.493 e. The third kappa shape index (κ3) is 6.74. The maximum atomic E-state index is 12.4. The van der Waals surface area contributed by atoms with Crippen LogP contribution in [0.3, 0.4) is 0 Å². The van der Waals surface area contributed by atoms with Crippen LogP contribution in [-0.2, 0) is 0 Å². The van der Waals surface area contributed by atoms with Crippen molar-refractivity contribution in [1.82, 2.24) is 0 Å². The topological polar surface area (TPSA) is 61.8 Å². The molecule has 164 valence electrons. The second-order valence-electron chi connectivity index (χ2n) is 6.57. The van der Waals surface area contributed by atoms with Crippen molar-refractivity contribution in [2.45, 2.75) is 20.2 Å². The number of Topliss-reactive ketones (excluding diaryl/α,β-unsaturated/α-hetero) is 2. The van der Waals surface area contributed by atoms with Gasteiger partial charge in [-0.15, -0.1) is 13.2 Å². The number of hydrogen-bond acceptors (Lipinski definition) is 5. The normalized spacial score (nSPS) is 11.6. The second kappa shape index (κ2) is 9.97. The Kier molecular flexibility index (Phi) is 7.63. The van der Waals surface area contributed by atoms with Gasteiger partial charge >= 0.3 is 6.36 Å². The van der Waals surface area contributed by atoms with E-state index in [4.69, 9.17) is 9.47 Å². The summed E-state index contributed by atoms with van der Waals surface area (Å²) in [7, 11) is 1.44. The van der Waals surface area contributed by atoms with Crippen molar-refractivity contribution >= 4 is 11.6 Å². The van der Waals surface area contributed by atoms with Gasteiger partial charge in [0, 0.05) is 11.1 Å². The van der Waals surface area contributed by atoms with E-state index in [1.165, 1.54) is 25.3 Å². The van der Waals surface area contributed by atoms with Crippen LogP contribution in [0.15, 0.2) is 66.3 Å². The number of allylic oxidation sites excluding steroid dienone is 2. The molecule has 2 aromatic carbocycles. The molecule has 0 aromatic heterocycles. The van der Waals surface area contributed by atoms with Gasteiger partial charge in [0.05, 0.1) is 7.11 Å². The third-order valence-corrected chi connectivity index (χ3v) is 4.15. The van der Waals surface area contributed by atoms with Crippen LogP contribution < -0.4 is 14.2 Å². The van der Waals surface area contributed by atoms with Crippen LogP contribution in [0.2, 0.25) is 0 Å². The van der Waals surface area contributed by atoms with Gasteiger partial charge in [-0.3, -0.25) is 9.59 Å². The van der Waals surface area contributed by atoms with E-state index in [0.717, 1.165) is 12.1 Å². The lowest BCUT2D eigenvalue weighted by atomic mass is 10.0. The predicted molar refractivity (Wildman–Crippen MR) is 109 cm³/mol. The molecule has 0 unspecified atom stereocenters. The summed E-state index contributed by atoms with van der Waals surface area (Å²) in [6.07, 6.45) is -3.26. The summed E-state index contributed by atoms with van der Waals surface area (Å²) < 4.78 is 51.3. The molecule has 0 atom stereocenters. The molecule has 0 saturated heterocycles. The van der Waals surface area contributed by atoms with E-state index in [0.29, 0.717) is 28.2 Å². The van der Waals surface area contributed by atoms with Crippen LogP contribution >= 0.6 is 0 Å². The number of ether oxygens (including phenoxy) is 3. The van der Waals surface area contributed by atoms with Crippen molar-refractivity contribution in [3.05, 3.63) is 77.4 Å². The quantitative estimate of drug-likeness (QED) is 0.382. The van der Waals surface area contributed by atoms with E-state index in [1.54, 1.807) is 32.0 Å². The number of halogens is 3. The summed E-state index contributed by atoms with van der Waals surface area (Å²) in [4.78, 5) is 24.5. The van der Waals surface area contributed by atoms with Gasteiger partial charge in [0.2, 0.25) is 0 Å². The molecule has 8 heteroatoms. The van der Waals surface area contributed by atoms with Crippen LogP contribution in [0.5, 0.6) is 17.2 Å². The first-order valence-corrected chi connectivity index (χ1v) is 9.10. The largest absolute Gasteiger partial charge is 0.573 e. The maximum absolute atomic E-state index is 12.4. The summed E-state index contributed by atoms with van der Waals surface area (Å²) in [6, 6.07) is 9.36. The van der Waals surface area contributed by atoms with Crippen LogP contribution in [0.4, 0.5) is 13.2 Å². The summed E-state index contributed by atoms with van der Waals surface area (Å²) in [5.41, 5.74) is 1.36. The van der Waals surface area contributed by atoms with E-state index >= 15 is 0 Å². The van der Waals surface area contributed by atoms with Crippen molar-refractivity contribution in [2.75, 3.05) is 13.7 Å². The van der Waals surface area contributed by atoms with Crippen molar-refractivity contribution in [3.8, 4) is 17.2 Å². The molecule has 0 aliphatic heterocycles. The van der Waals surface area contributed by atoms with E-state index < -0.39 is 12.1 Å². The number of benzene rings is 2. The first-order valence-electron chi connectivity index (χ1n) is 9.10. The molecule has 0 amide bonds. The molecule has 0 radical (unpaired) electrons. The molecule has 0 aliphatic rings. The third-order valence-electron chi connectivity index (χ3n) is 4.15. The molecular weight excluding hydrogens is 413 g/mol. The first-order chi connectivity index (χ1) is 14.5. The van der Waals surface area contributed by atoms with Gasteiger partial charge in [-0.25, -0.2) is 0 Å². The Balaban J connectivity index is 2.04. The van der Waals surface area contributed by atoms with Crippen LogP contribution in [0.25, 0.3) is 0 Å². The number of alkyl halides is 3. The number of hydrogen-bond donors (Lipinski definition) is 0. The fourth-order valence-electron chi connectivity index (χ4n) is 2.56. The van der Waals surface area contributed by atoms with Gasteiger partial charge in [-0.2, -0.15) is 0 Å². The highest BCUT2D eigenvalue weighted by Crippen LogP contribution is 2.29. The lowest BCUT2D eigenvalue weighted by Crippen LogP contribution is -2.17. The van der Waals surface area contributed by atoms with E-state index in [-0.39, 0.29) is 23.7 Å². The molecule has 0 heterocycles. The van der Waals surface area contributed by atoms with Gasteiger partial charge in [-0.05, 0) is 73.5 Å². The summed E-state index contributed by atoms with van der Waals surface area (Å²) in [5.74, 6) is -0.250. The molecule has 0 N–H and O–H groups in total. The molecule has 2 aromatic rings. The SMILES string of the molecule is C=C(C)C(=O)c1ccc(OC/C=C(\C)C(=O)c2ccc(OC(F)(F)F)cc2)c(OC)c1. The van der Waals surface area contributed by atoms with Crippen molar-refractivity contribution in [1.29, 1.82) is 0 Å². The molecule has 0 aliphatic carbocycles. The maximum Gasteiger partial charge on any atom is 0.573 e. The average molecular weight is 434 g/mol. The Morgan fingerprint density at radius 3 is 2.13 bits per heavy atom. The Morgan fingerprint density at radius 2 is 1.58 bits per heavy atom. The Hall–Kier alpha value is -3.55. The van der Waals surface area contributed by atoms with Crippen molar-refractivity contribution in [3.63, 3.8) is 0 Å². The molecule has 0 saturated carbocycles. The Morgan fingerprint density at radius 1 is 0.968 bits per heavy atom. The van der Waals surface area contributed by atoms with Gasteiger partial charge in [0.1, 0.15) is 12.4 Å². The molecule has 2 rings (SSSR count). The highest BCUT2D eigenvalue weighted by Gasteiger charge is 2.31. The monoisotopic (exact) mass is 434 g/mol. The van der Waals surface area contributed by atoms with Crippen LogP contribution in [-0.4, -0.2) is 31.6 Å². The van der Waals surface area contributed by atoms with E-state index in [1.807, 2.05) is 0 Å². The van der Waals surface area contributed by atoms with Gasteiger partial charge < -0.3 is 14.2 Å². The predicted octanol–water partition coefficient (Wildman–Crippen LogP) is 5.56. The summed E-state index contributed by atoms with van der Waals surface area (Å²) >= 11 is 0. The van der Waals surface area contributed by atoms with Crippen molar-refractivity contribution < 1.29 is 37.0 Å². The number of rotatable bonds is 9. The number of carbonyl (C=O) groups excluding carboxylic acids is 2. The summed E-state index contributed by atoms with van der Waals surface area (Å²) in [5, 5.41) is 0. The number of carbonyl (C=O) groups is 2. The molecule has 31 heavy (non-hydrogen) atoms. The van der Waals surface area contributed by atoms with Gasteiger partial charge in [0.25, 0.3) is 0 Å². The van der Waals surface area contributed by atoms with Crippen LogP contribution in [0.1, 0.15) is 34.6 Å². The summed E-state index contributed by atoms with van der Waals surface area (Å²) in [6.45, 7) is 6.84. The lowest BCUT2D eigenvalue weighted by Gasteiger charge is -2.11. The van der Waals surface area contributed by atoms with Gasteiger partial charge in [0.15, 0.2) is 23.1 Å². The standard InChI is InChI=1S/C23H21F3O5/c1-14(2)21(27)17-7-10-19(20(13-17)29-4)30-12-11-15(3)22(28)16-5-8-18(9-6-16)31-23(24,25)26/h5-11,13H,1,12H2,2-4H3/b15-11+. The van der Waals surface area contributed by atoms with Gasteiger partial charge in [-0.1, -0.05) is 6.58 Å². The average Bonchev–Trinajstić information content (AvgIpc) is 2.72. The molecular formula is C23H21F3O5. The highest BCUT2D eigenvalue weighted by atomic mass is 19.4. The minimum absolute atomic E-state index is 0.0387. The minimum atomic E-state index is -4.80. The van der Waals surface area contributed by atoms with Crippen molar-refractivity contribution in [2.24, 2.45) is 0 Å². The van der Waals surface area contributed by atoms with Crippen LogP contribution in [0, 0.1) is 0 Å². The second-order valence-corrected chi connectivity index (χ2v) is 6.57.